The molecule has 5 aliphatic rings. The summed E-state index contributed by atoms with van der Waals surface area (Å²) in [5, 5.41) is 20.9. The molecule has 3 fully saturated rings. The minimum Gasteiger partial charge on any atom is -0.511 e. The monoisotopic (exact) mass is 507 g/mol. The zero-order valence-electron chi connectivity index (χ0n) is 24.1. The highest BCUT2D eigenvalue weighted by Gasteiger charge is 2.71. The molecule has 0 aromatic heterocycles. The normalized spacial score (nSPS) is 45.9. The maximum Gasteiger partial charge on any atom is 0.312 e. The van der Waals surface area contributed by atoms with Crippen molar-refractivity contribution < 1.29 is 19.4 Å². The smallest absolute Gasteiger partial charge is 0.312 e. The van der Waals surface area contributed by atoms with E-state index in [1.807, 2.05) is 6.08 Å². The van der Waals surface area contributed by atoms with Crippen LogP contribution in [0.1, 0.15) is 99.8 Å². The second kappa shape index (κ2) is 7.73. The van der Waals surface area contributed by atoms with Crippen LogP contribution in [-0.2, 0) is 14.3 Å². The summed E-state index contributed by atoms with van der Waals surface area (Å²) in [6.07, 6.45) is 8.50. The molecule has 3 saturated carbocycles. The predicted molar refractivity (Wildman–Crippen MR) is 142 cm³/mol. The first kappa shape index (κ1) is 26.5. The summed E-state index contributed by atoms with van der Waals surface area (Å²) in [6.45, 7) is 15.6. The SMILES string of the molecule is COC(=O)[C@]12CCC(C)(C)C[C@H]1[C@H]1C(=O)C=C3[C@@]4(C)CC(C#N)=C(O)C(C)(C)[C@@H]4CC[C@@]3(C)[C@]1(C)CC2. The van der Waals surface area contributed by atoms with Crippen molar-refractivity contribution in [3.05, 3.63) is 23.0 Å². The van der Waals surface area contributed by atoms with Crippen molar-refractivity contribution in [2.75, 3.05) is 7.11 Å². The van der Waals surface area contributed by atoms with Crippen molar-refractivity contribution in [1.29, 1.82) is 5.26 Å². The summed E-state index contributed by atoms with van der Waals surface area (Å²) in [6, 6.07) is 2.29. The fourth-order valence-corrected chi connectivity index (χ4v) is 10.5. The van der Waals surface area contributed by atoms with Gasteiger partial charge in [-0.15, -0.1) is 0 Å². The van der Waals surface area contributed by atoms with Gasteiger partial charge in [0.25, 0.3) is 0 Å². The number of carbonyl (C=O) groups is 2. The maximum absolute atomic E-state index is 14.4. The number of carbonyl (C=O) groups excluding carboxylic acids is 2. The van der Waals surface area contributed by atoms with Crippen LogP contribution < -0.4 is 0 Å². The highest BCUT2D eigenvalue weighted by molar-refractivity contribution is 5.96. The minimum absolute atomic E-state index is 0.0310. The van der Waals surface area contributed by atoms with E-state index < -0.39 is 10.8 Å². The van der Waals surface area contributed by atoms with E-state index in [0.717, 1.165) is 44.9 Å². The van der Waals surface area contributed by atoms with Gasteiger partial charge in [0.15, 0.2) is 5.78 Å². The van der Waals surface area contributed by atoms with Gasteiger partial charge in [0.1, 0.15) is 5.76 Å². The lowest BCUT2D eigenvalue weighted by molar-refractivity contribution is -0.192. The number of esters is 1. The Morgan fingerprint density at radius 3 is 2.32 bits per heavy atom. The van der Waals surface area contributed by atoms with Crippen molar-refractivity contribution >= 4 is 11.8 Å². The lowest BCUT2D eigenvalue weighted by Crippen LogP contribution is -2.65. The van der Waals surface area contributed by atoms with Gasteiger partial charge in [-0.2, -0.15) is 5.26 Å². The van der Waals surface area contributed by atoms with E-state index in [1.165, 1.54) is 12.7 Å². The van der Waals surface area contributed by atoms with Crippen LogP contribution in [0.2, 0.25) is 0 Å². The number of hydrogen-bond donors (Lipinski definition) is 1. The summed E-state index contributed by atoms with van der Waals surface area (Å²) in [5.41, 5.74) is -0.275. The van der Waals surface area contributed by atoms with Crippen LogP contribution in [0, 0.1) is 61.6 Å². The molecule has 0 aromatic rings. The summed E-state index contributed by atoms with van der Waals surface area (Å²) >= 11 is 0. The molecule has 0 heterocycles. The van der Waals surface area contributed by atoms with E-state index in [0.29, 0.717) is 12.0 Å². The van der Waals surface area contributed by atoms with Gasteiger partial charge in [-0.05, 0) is 90.9 Å². The number of methoxy groups -OCH3 is 1. The van der Waals surface area contributed by atoms with Crippen LogP contribution in [0.4, 0.5) is 0 Å². The third-order valence-corrected chi connectivity index (χ3v) is 12.7. The molecule has 0 spiro atoms. The first-order valence-electron chi connectivity index (χ1n) is 14.2. The summed E-state index contributed by atoms with van der Waals surface area (Å²) in [5.74, 6) is 0.143. The largest absolute Gasteiger partial charge is 0.511 e. The lowest BCUT2D eigenvalue weighted by Gasteiger charge is -2.69. The van der Waals surface area contributed by atoms with Gasteiger partial charge in [0.05, 0.1) is 24.2 Å². The number of allylic oxidation sites excluding steroid dienone is 4. The van der Waals surface area contributed by atoms with Crippen molar-refractivity contribution in [2.24, 2.45) is 50.2 Å². The molecule has 5 rings (SSSR count). The van der Waals surface area contributed by atoms with Crippen LogP contribution in [-0.4, -0.2) is 24.0 Å². The number of nitriles is 1. The summed E-state index contributed by atoms with van der Waals surface area (Å²) in [4.78, 5) is 27.8. The molecule has 37 heavy (non-hydrogen) atoms. The lowest BCUT2D eigenvalue weighted by atomic mass is 9.34. The fraction of sp³-hybridized carbons (Fsp3) is 0.781. The minimum atomic E-state index is -0.581. The Hall–Kier alpha value is -2.09. The quantitative estimate of drug-likeness (QED) is 0.383. The average molecular weight is 508 g/mol. The Balaban J connectivity index is 1.68. The molecular formula is C32H45NO4. The highest BCUT2D eigenvalue weighted by atomic mass is 16.5. The van der Waals surface area contributed by atoms with Crippen LogP contribution in [0.5, 0.6) is 0 Å². The van der Waals surface area contributed by atoms with E-state index in [1.54, 1.807) is 0 Å². The maximum atomic E-state index is 14.4. The standard InChI is InChI=1S/C32H45NO4/c1-27(2)11-13-32(26(36)37-8)14-12-31(7)24(20(32)17-27)21(34)15-23-29(5)16-19(18-33)25(35)28(3,4)22(29)9-10-30(23,31)6/h15,20,22,24,35H,9-14,16-17H2,1-8H3/t20-,22-,24-,29-,30+,31+,32-/m0/s1. The van der Waals surface area contributed by atoms with Crippen molar-refractivity contribution in [3.8, 4) is 6.07 Å². The zero-order valence-corrected chi connectivity index (χ0v) is 24.1. The number of ether oxygens (including phenoxy) is 1. The third kappa shape index (κ3) is 3.14. The van der Waals surface area contributed by atoms with Crippen LogP contribution >= 0.6 is 0 Å². The Labute approximate surface area is 222 Å². The van der Waals surface area contributed by atoms with Crippen molar-refractivity contribution in [1.82, 2.24) is 0 Å². The molecule has 5 nitrogen and oxygen atoms in total. The fourth-order valence-electron chi connectivity index (χ4n) is 10.5. The number of hydrogen-bond acceptors (Lipinski definition) is 5. The van der Waals surface area contributed by atoms with Crippen LogP contribution in [0.15, 0.2) is 23.0 Å². The van der Waals surface area contributed by atoms with Gasteiger partial charge in [0.2, 0.25) is 0 Å². The molecule has 0 saturated heterocycles. The van der Waals surface area contributed by atoms with E-state index >= 15 is 0 Å². The van der Waals surface area contributed by atoms with Gasteiger partial charge in [-0.1, -0.05) is 54.0 Å². The first-order valence-corrected chi connectivity index (χ1v) is 14.2. The van der Waals surface area contributed by atoms with Gasteiger partial charge in [-0.25, -0.2) is 0 Å². The van der Waals surface area contributed by atoms with E-state index in [4.69, 9.17) is 4.74 Å². The molecule has 0 bridgehead atoms. The Morgan fingerprint density at radius 1 is 1.05 bits per heavy atom. The molecule has 1 N–H and O–H groups in total. The van der Waals surface area contributed by atoms with Crippen LogP contribution in [0.3, 0.4) is 0 Å². The molecule has 202 valence electrons. The molecule has 5 heteroatoms. The Morgan fingerprint density at radius 2 is 1.70 bits per heavy atom. The summed E-state index contributed by atoms with van der Waals surface area (Å²) in [7, 11) is 1.49. The number of aliphatic hydroxyl groups excluding tert-OH is 1. The predicted octanol–water partition coefficient (Wildman–Crippen LogP) is 7.09. The van der Waals surface area contributed by atoms with Gasteiger partial charge < -0.3 is 9.84 Å². The van der Waals surface area contributed by atoms with Crippen molar-refractivity contribution in [3.63, 3.8) is 0 Å². The highest BCUT2D eigenvalue weighted by Crippen LogP contribution is 2.75. The van der Waals surface area contributed by atoms with E-state index in [2.05, 4.69) is 54.5 Å². The summed E-state index contributed by atoms with van der Waals surface area (Å²) < 4.78 is 5.42. The first-order chi connectivity index (χ1) is 17.0. The second-order valence-corrected chi connectivity index (χ2v) is 15.2. The van der Waals surface area contributed by atoms with Gasteiger partial charge in [0, 0.05) is 11.3 Å². The number of rotatable bonds is 1. The molecule has 5 aliphatic carbocycles. The molecule has 0 aliphatic heterocycles. The van der Waals surface area contributed by atoms with Gasteiger partial charge in [-0.3, -0.25) is 9.59 Å². The molecule has 0 amide bonds. The van der Waals surface area contributed by atoms with Crippen molar-refractivity contribution in [2.45, 2.75) is 99.8 Å². The molecule has 0 aromatic carbocycles. The van der Waals surface area contributed by atoms with Gasteiger partial charge >= 0.3 is 5.97 Å². The average Bonchev–Trinajstić information content (AvgIpc) is 2.82. The topological polar surface area (TPSA) is 87.4 Å². The number of fused-ring (bicyclic) bond motifs is 7. The third-order valence-electron chi connectivity index (χ3n) is 12.7. The van der Waals surface area contributed by atoms with Crippen LogP contribution in [0.25, 0.3) is 0 Å². The second-order valence-electron chi connectivity index (χ2n) is 15.2. The van der Waals surface area contributed by atoms with E-state index in [9.17, 15) is 20.0 Å². The molecule has 0 radical (unpaired) electrons. The molecule has 7 atom stereocenters. The molecule has 0 unspecified atom stereocenters. The molecular weight excluding hydrogens is 462 g/mol. The number of aliphatic hydroxyl groups is 1. The zero-order chi connectivity index (χ0) is 27.4. The Bertz CT molecular complexity index is 1170. The Kier molecular flexibility index (Phi) is 5.54. The van der Waals surface area contributed by atoms with E-state index in [-0.39, 0.29) is 56.9 Å². The number of nitrogens with zero attached hydrogens (tertiary/aromatic N) is 1. The number of ketones is 1.